The first kappa shape index (κ1) is 11.6. The van der Waals surface area contributed by atoms with Crippen molar-refractivity contribution in [3.8, 4) is 0 Å². The average Bonchev–Trinajstić information content (AvgIpc) is 2.99. The van der Waals surface area contributed by atoms with Crippen LogP contribution < -0.4 is 5.32 Å². The van der Waals surface area contributed by atoms with Gasteiger partial charge in [0.2, 0.25) is 0 Å². The van der Waals surface area contributed by atoms with Gasteiger partial charge in [0, 0.05) is 18.2 Å². The first-order valence-electron chi connectivity index (χ1n) is 6.24. The third-order valence-corrected chi connectivity index (χ3v) is 3.54. The van der Waals surface area contributed by atoms with E-state index in [2.05, 4.69) is 24.3 Å². The zero-order valence-corrected chi connectivity index (χ0v) is 10.7. The second-order valence-corrected chi connectivity index (χ2v) is 5.29. The first-order valence-corrected chi connectivity index (χ1v) is 6.24. The molecule has 0 amide bonds. The smallest absolute Gasteiger partial charge is 0.138 e. The Labute approximate surface area is 97.6 Å². The fraction of sp³-hybridized carbons (Fsp3) is 0.769. The van der Waals surface area contributed by atoms with Gasteiger partial charge in [0.05, 0.1) is 5.69 Å². The molecule has 16 heavy (non-hydrogen) atoms. The molecule has 0 radical (unpaired) electrons. The van der Waals surface area contributed by atoms with Crippen LogP contribution in [0.4, 0.5) is 0 Å². The lowest BCUT2D eigenvalue weighted by Crippen LogP contribution is -2.35. The van der Waals surface area contributed by atoms with E-state index >= 15 is 0 Å². The maximum atomic E-state index is 5.17. The summed E-state index contributed by atoms with van der Waals surface area (Å²) >= 11 is 0. The molecule has 0 bridgehead atoms. The monoisotopic (exact) mass is 222 g/mol. The Kier molecular flexibility index (Phi) is 3.33. The van der Waals surface area contributed by atoms with Gasteiger partial charge in [0.15, 0.2) is 0 Å². The van der Waals surface area contributed by atoms with Crippen LogP contribution in [0.2, 0.25) is 0 Å². The lowest BCUT2D eigenvalue weighted by Gasteiger charge is -2.22. The second-order valence-electron chi connectivity index (χ2n) is 5.29. The summed E-state index contributed by atoms with van der Waals surface area (Å²) in [7, 11) is 0. The summed E-state index contributed by atoms with van der Waals surface area (Å²) in [4.78, 5) is 0. The SMILES string of the molecule is Cc1noc(C)c1CNC(C(C)C)C1CC1. The molecule has 1 aliphatic carbocycles. The number of hydrogen-bond acceptors (Lipinski definition) is 3. The van der Waals surface area contributed by atoms with Crippen LogP contribution in [0.15, 0.2) is 4.52 Å². The Morgan fingerprint density at radius 3 is 2.50 bits per heavy atom. The van der Waals surface area contributed by atoms with Crippen LogP contribution in [-0.4, -0.2) is 11.2 Å². The number of rotatable bonds is 5. The molecule has 3 nitrogen and oxygen atoms in total. The molecule has 3 heteroatoms. The van der Waals surface area contributed by atoms with Crippen molar-refractivity contribution in [3.05, 3.63) is 17.0 Å². The van der Waals surface area contributed by atoms with E-state index in [0.29, 0.717) is 12.0 Å². The van der Waals surface area contributed by atoms with Crippen molar-refractivity contribution in [1.29, 1.82) is 0 Å². The van der Waals surface area contributed by atoms with Crippen molar-refractivity contribution in [3.63, 3.8) is 0 Å². The van der Waals surface area contributed by atoms with Crippen molar-refractivity contribution in [1.82, 2.24) is 10.5 Å². The van der Waals surface area contributed by atoms with E-state index in [1.165, 1.54) is 18.4 Å². The minimum absolute atomic E-state index is 0.647. The summed E-state index contributed by atoms with van der Waals surface area (Å²) in [5, 5.41) is 7.65. The fourth-order valence-electron chi connectivity index (χ4n) is 2.38. The normalized spacial score (nSPS) is 18.1. The van der Waals surface area contributed by atoms with E-state index in [1.54, 1.807) is 0 Å². The molecule has 1 saturated carbocycles. The molecule has 1 aliphatic rings. The minimum Gasteiger partial charge on any atom is -0.361 e. The van der Waals surface area contributed by atoms with Gasteiger partial charge in [-0.2, -0.15) is 0 Å². The molecule has 0 saturated heterocycles. The number of hydrogen-bond donors (Lipinski definition) is 1. The van der Waals surface area contributed by atoms with Crippen LogP contribution in [-0.2, 0) is 6.54 Å². The molecule has 1 aromatic heterocycles. The molecule has 1 heterocycles. The van der Waals surface area contributed by atoms with Gasteiger partial charge in [-0.1, -0.05) is 19.0 Å². The average molecular weight is 222 g/mol. The summed E-state index contributed by atoms with van der Waals surface area (Å²) in [6.45, 7) is 9.47. The Morgan fingerprint density at radius 2 is 2.06 bits per heavy atom. The number of aryl methyl sites for hydroxylation is 2. The molecule has 1 N–H and O–H groups in total. The van der Waals surface area contributed by atoms with E-state index in [4.69, 9.17) is 4.52 Å². The maximum absolute atomic E-state index is 5.17. The molecule has 2 rings (SSSR count). The van der Waals surface area contributed by atoms with Crippen LogP contribution >= 0.6 is 0 Å². The van der Waals surface area contributed by atoms with Crippen LogP contribution in [0.25, 0.3) is 0 Å². The summed E-state index contributed by atoms with van der Waals surface area (Å²) in [5.74, 6) is 2.54. The molecule has 1 fully saturated rings. The van der Waals surface area contributed by atoms with Crippen molar-refractivity contribution in [2.75, 3.05) is 0 Å². The third-order valence-electron chi connectivity index (χ3n) is 3.54. The Hall–Kier alpha value is -0.830. The maximum Gasteiger partial charge on any atom is 0.138 e. The molecular weight excluding hydrogens is 200 g/mol. The molecule has 1 aromatic rings. The van der Waals surface area contributed by atoms with Crippen molar-refractivity contribution < 1.29 is 4.52 Å². The number of nitrogens with one attached hydrogen (secondary N) is 1. The standard InChI is InChI=1S/C13H22N2O/c1-8(2)13(11-5-6-11)14-7-12-9(3)15-16-10(12)4/h8,11,13-14H,5-7H2,1-4H3. The summed E-state index contributed by atoms with van der Waals surface area (Å²) < 4.78 is 5.17. The van der Waals surface area contributed by atoms with Crippen LogP contribution in [0, 0.1) is 25.7 Å². The largest absolute Gasteiger partial charge is 0.361 e. The number of nitrogens with zero attached hydrogens (tertiary/aromatic N) is 1. The number of aromatic nitrogens is 1. The molecule has 0 spiro atoms. The van der Waals surface area contributed by atoms with Crippen LogP contribution in [0.3, 0.4) is 0 Å². The topological polar surface area (TPSA) is 38.1 Å². The second kappa shape index (κ2) is 4.58. The summed E-state index contributed by atoms with van der Waals surface area (Å²) in [6, 6.07) is 0.647. The van der Waals surface area contributed by atoms with E-state index in [1.807, 2.05) is 13.8 Å². The van der Waals surface area contributed by atoms with E-state index in [0.717, 1.165) is 23.9 Å². The predicted octanol–water partition coefficient (Wildman–Crippen LogP) is 2.82. The molecule has 0 aliphatic heterocycles. The molecule has 1 unspecified atom stereocenters. The Bertz CT molecular complexity index is 331. The Balaban J connectivity index is 1.95. The lowest BCUT2D eigenvalue weighted by molar-refractivity contribution is 0.356. The molecule has 1 atom stereocenters. The summed E-state index contributed by atoms with van der Waals surface area (Å²) in [6.07, 6.45) is 2.77. The van der Waals surface area contributed by atoms with Gasteiger partial charge in [0.1, 0.15) is 5.76 Å². The first-order chi connectivity index (χ1) is 7.59. The minimum atomic E-state index is 0.647. The summed E-state index contributed by atoms with van der Waals surface area (Å²) in [5.41, 5.74) is 2.25. The highest BCUT2D eigenvalue weighted by atomic mass is 16.5. The van der Waals surface area contributed by atoms with Gasteiger partial charge in [-0.15, -0.1) is 0 Å². The van der Waals surface area contributed by atoms with E-state index < -0.39 is 0 Å². The molecule has 90 valence electrons. The lowest BCUT2D eigenvalue weighted by atomic mass is 9.99. The van der Waals surface area contributed by atoms with Crippen molar-refractivity contribution in [2.24, 2.45) is 11.8 Å². The highest BCUT2D eigenvalue weighted by Crippen LogP contribution is 2.35. The van der Waals surface area contributed by atoms with Crippen molar-refractivity contribution >= 4 is 0 Å². The fourth-order valence-corrected chi connectivity index (χ4v) is 2.38. The molecule has 0 aromatic carbocycles. The van der Waals surface area contributed by atoms with Gasteiger partial charge in [-0.3, -0.25) is 0 Å². The van der Waals surface area contributed by atoms with Gasteiger partial charge in [-0.25, -0.2) is 0 Å². The third kappa shape index (κ3) is 2.46. The zero-order chi connectivity index (χ0) is 11.7. The molecular formula is C13H22N2O. The van der Waals surface area contributed by atoms with Crippen molar-refractivity contribution in [2.45, 2.75) is 53.1 Å². The van der Waals surface area contributed by atoms with E-state index in [9.17, 15) is 0 Å². The van der Waals surface area contributed by atoms with Gasteiger partial charge >= 0.3 is 0 Å². The zero-order valence-electron chi connectivity index (χ0n) is 10.7. The van der Waals surface area contributed by atoms with Gasteiger partial charge in [0.25, 0.3) is 0 Å². The van der Waals surface area contributed by atoms with Crippen LogP contribution in [0.1, 0.15) is 43.7 Å². The van der Waals surface area contributed by atoms with E-state index in [-0.39, 0.29) is 0 Å². The highest BCUT2D eigenvalue weighted by Gasteiger charge is 2.32. The highest BCUT2D eigenvalue weighted by molar-refractivity contribution is 5.20. The van der Waals surface area contributed by atoms with Gasteiger partial charge < -0.3 is 9.84 Å². The van der Waals surface area contributed by atoms with Gasteiger partial charge in [-0.05, 0) is 38.5 Å². The Morgan fingerprint density at radius 1 is 1.38 bits per heavy atom. The predicted molar refractivity (Wildman–Crippen MR) is 64.2 cm³/mol. The quantitative estimate of drug-likeness (QED) is 0.832. The van der Waals surface area contributed by atoms with Crippen LogP contribution in [0.5, 0.6) is 0 Å².